The lowest BCUT2D eigenvalue weighted by molar-refractivity contribution is -0.130. The van der Waals surface area contributed by atoms with Gasteiger partial charge in [-0.15, -0.1) is 11.8 Å². The molecule has 1 saturated heterocycles. The van der Waals surface area contributed by atoms with Gasteiger partial charge < -0.3 is 4.90 Å². The fourth-order valence-corrected chi connectivity index (χ4v) is 3.47. The van der Waals surface area contributed by atoms with Crippen LogP contribution >= 0.6 is 23.4 Å². The molecule has 1 aliphatic rings. The maximum absolute atomic E-state index is 13.6. The highest BCUT2D eigenvalue weighted by Gasteiger charge is 2.20. The molecule has 1 aromatic carbocycles. The van der Waals surface area contributed by atoms with Gasteiger partial charge >= 0.3 is 0 Å². The summed E-state index contributed by atoms with van der Waals surface area (Å²) in [5, 5.41) is 0.398. The molecule has 110 valence electrons. The molecule has 1 amide bonds. The van der Waals surface area contributed by atoms with Crippen LogP contribution in [0.1, 0.15) is 25.3 Å². The molecule has 20 heavy (non-hydrogen) atoms. The second-order valence-corrected chi connectivity index (χ2v) is 6.74. The molecule has 0 bridgehead atoms. The summed E-state index contributed by atoms with van der Waals surface area (Å²) in [4.78, 5) is 14.0. The molecule has 2 rings (SSSR count). The number of carbonyl (C=O) groups excluding carboxylic acids is 1. The number of halogens is 2. The molecule has 1 aromatic rings. The van der Waals surface area contributed by atoms with Crippen molar-refractivity contribution in [1.29, 1.82) is 0 Å². The Labute approximate surface area is 128 Å². The fraction of sp³-hybridized carbons (Fsp3) is 0.533. The molecule has 1 fully saturated rings. The van der Waals surface area contributed by atoms with Crippen LogP contribution in [0.5, 0.6) is 0 Å². The second-order valence-electron chi connectivity index (χ2n) is 5.32. The van der Waals surface area contributed by atoms with E-state index < -0.39 is 0 Å². The molecule has 0 radical (unpaired) electrons. The average Bonchev–Trinajstić information content (AvgIpc) is 2.41. The van der Waals surface area contributed by atoms with E-state index in [0.717, 1.165) is 19.5 Å². The quantitative estimate of drug-likeness (QED) is 0.838. The molecule has 1 atom stereocenters. The van der Waals surface area contributed by atoms with E-state index in [1.54, 1.807) is 12.1 Å². The first-order chi connectivity index (χ1) is 9.56. The van der Waals surface area contributed by atoms with Crippen molar-refractivity contribution in [3.8, 4) is 0 Å². The Morgan fingerprint density at radius 1 is 1.55 bits per heavy atom. The van der Waals surface area contributed by atoms with Crippen molar-refractivity contribution < 1.29 is 9.18 Å². The predicted molar refractivity (Wildman–Crippen MR) is 82.6 cm³/mol. The molecular formula is C15H19ClFNOS. The highest BCUT2D eigenvalue weighted by atomic mass is 35.5. The standard InChI is InChI=1S/C15H19ClFNOS/c1-11-3-2-6-18(8-11)15(19)10-20-9-12-4-5-13(16)7-14(12)17/h4-5,7,11H,2-3,6,8-10H2,1H3/t11-/m1/s1. The zero-order valence-corrected chi connectivity index (χ0v) is 13.1. The highest BCUT2D eigenvalue weighted by Crippen LogP contribution is 2.21. The van der Waals surface area contributed by atoms with Gasteiger partial charge in [-0.1, -0.05) is 24.6 Å². The van der Waals surface area contributed by atoms with Crippen LogP contribution in [0.3, 0.4) is 0 Å². The first-order valence-electron chi connectivity index (χ1n) is 6.85. The summed E-state index contributed by atoms with van der Waals surface area (Å²) in [6.45, 7) is 3.89. The minimum Gasteiger partial charge on any atom is -0.342 e. The number of thioether (sulfide) groups is 1. The van der Waals surface area contributed by atoms with Crippen LogP contribution < -0.4 is 0 Å². The number of rotatable bonds is 4. The smallest absolute Gasteiger partial charge is 0.232 e. The Bertz CT molecular complexity index is 483. The third-order valence-electron chi connectivity index (χ3n) is 3.51. The number of nitrogens with zero attached hydrogens (tertiary/aromatic N) is 1. The highest BCUT2D eigenvalue weighted by molar-refractivity contribution is 7.99. The summed E-state index contributed by atoms with van der Waals surface area (Å²) < 4.78 is 13.6. The Hall–Kier alpha value is -0.740. The number of carbonyl (C=O) groups is 1. The van der Waals surface area contributed by atoms with Crippen LogP contribution in [-0.2, 0) is 10.5 Å². The number of hydrogen-bond donors (Lipinski definition) is 0. The lowest BCUT2D eigenvalue weighted by Crippen LogP contribution is -2.40. The minimum absolute atomic E-state index is 0.163. The molecule has 0 spiro atoms. The molecular weight excluding hydrogens is 297 g/mol. The Kier molecular flexibility index (Phi) is 5.73. The first kappa shape index (κ1) is 15.6. The van der Waals surface area contributed by atoms with Crippen molar-refractivity contribution in [2.24, 2.45) is 5.92 Å². The number of benzene rings is 1. The monoisotopic (exact) mass is 315 g/mol. The van der Waals surface area contributed by atoms with Crippen molar-refractivity contribution in [1.82, 2.24) is 4.90 Å². The third-order valence-corrected chi connectivity index (χ3v) is 4.71. The number of piperidine rings is 1. The van der Waals surface area contributed by atoms with Crippen molar-refractivity contribution in [3.05, 3.63) is 34.6 Å². The zero-order valence-electron chi connectivity index (χ0n) is 11.6. The summed E-state index contributed by atoms with van der Waals surface area (Å²) in [5.41, 5.74) is 0.596. The zero-order chi connectivity index (χ0) is 14.5. The second kappa shape index (κ2) is 7.32. The molecule has 0 N–H and O–H groups in total. The average molecular weight is 316 g/mol. The number of hydrogen-bond acceptors (Lipinski definition) is 2. The Balaban J connectivity index is 1.79. The normalized spacial score (nSPS) is 19.1. The molecule has 5 heteroatoms. The maximum Gasteiger partial charge on any atom is 0.232 e. The van der Waals surface area contributed by atoms with E-state index in [1.807, 2.05) is 4.90 Å². The van der Waals surface area contributed by atoms with Gasteiger partial charge in [0.2, 0.25) is 5.91 Å². The third kappa shape index (κ3) is 4.38. The van der Waals surface area contributed by atoms with Gasteiger partial charge in [-0.05, 0) is 36.5 Å². The molecule has 1 aliphatic heterocycles. The molecule has 0 aliphatic carbocycles. The maximum atomic E-state index is 13.6. The summed E-state index contributed by atoms with van der Waals surface area (Å²) in [6.07, 6.45) is 2.29. The van der Waals surface area contributed by atoms with Crippen LogP contribution in [0, 0.1) is 11.7 Å². The van der Waals surface area contributed by atoms with E-state index in [0.29, 0.717) is 28.0 Å². The lowest BCUT2D eigenvalue weighted by Gasteiger charge is -2.30. The lowest BCUT2D eigenvalue weighted by atomic mass is 10.0. The molecule has 0 unspecified atom stereocenters. The van der Waals surface area contributed by atoms with Gasteiger partial charge in [0, 0.05) is 23.9 Å². The Morgan fingerprint density at radius 2 is 2.35 bits per heavy atom. The van der Waals surface area contributed by atoms with Crippen LogP contribution in [0.4, 0.5) is 4.39 Å². The van der Waals surface area contributed by atoms with Crippen LogP contribution in [-0.4, -0.2) is 29.6 Å². The van der Waals surface area contributed by atoms with E-state index in [4.69, 9.17) is 11.6 Å². The van der Waals surface area contributed by atoms with Crippen molar-refractivity contribution in [2.75, 3.05) is 18.8 Å². The number of amides is 1. The molecule has 1 heterocycles. The van der Waals surface area contributed by atoms with Gasteiger partial charge in [0.25, 0.3) is 0 Å². The Morgan fingerprint density at radius 3 is 3.05 bits per heavy atom. The molecule has 0 saturated carbocycles. The van der Waals surface area contributed by atoms with E-state index in [2.05, 4.69) is 6.92 Å². The van der Waals surface area contributed by atoms with E-state index in [9.17, 15) is 9.18 Å². The predicted octanol–water partition coefficient (Wildman–Crippen LogP) is 3.97. The van der Waals surface area contributed by atoms with Gasteiger partial charge in [0.15, 0.2) is 0 Å². The topological polar surface area (TPSA) is 20.3 Å². The van der Waals surface area contributed by atoms with Crippen LogP contribution in [0.15, 0.2) is 18.2 Å². The van der Waals surface area contributed by atoms with Gasteiger partial charge in [-0.2, -0.15) is 0 Å². The summed E-state index contributed by atoms with van der Waals surface area (Å²) in [5.74, 6) is 1.36. The fourth-order valence-electron chi connectivity index (χ4n) is 2.39. The van der Waals surface area contributed by atoms with E-state index >= 15 is 0 Å². The van der Waals surface area contributed by atoms with Crippen molar-refractivity contribution in [3.63, 3.8) is 0 Å². The van der Waals surface area contributed by atoms with E-state index in [1.165, 1.54) is 24.2 Å². The van der Waals surface area contributed by atoms with Crippen molar-refractivity contribution in [2.45, 2.75) is 25.5 Å². The van der Waals surface area contributed by atoms with Crippen LogP contribution in [0.2, 0.25) is 5.02 Å². The summed E-state index contributed by atoms with van der Waals surface area (Å²) >= 11 is 7.16. The molecule has 2 nitrogen and oxygen atoms in total. The molecule has 0 aromatic heterocycles. The largest absolute Gasteiger partial charge is 0.342 e. The van der Waals surface area contributed by atoms with Crippen molar-refractivity contribution >= 4 is 29.3 Å². The summed E-state index contributed by atoms with van der Waals surface area (Å²) in [7, 11) is 0. The van der Waals surface area contributed by atoms with Gasteiger partial charge in [0.1, 0.15) is 5.82 Å². The van der Waals surface area contributed by atoms with Crippen LogP contribution in [0.25, 0.3) is 0 Å². The van der Waals surface area contributed by atoms with Gasteiger partial charge in [-0.3, -0.25) is 4.79 Å². The summed E-state index contributed by atoms with van der Waals surface area (Å²) in [6, 6.07) is 4.67. The SMILES string of the molecule is C[C@@H]1CCCN(C(=O)CSCc2ccc(Cl)cc2F)C1. The van der Waals surface area contributed by atoms with Gasteiger partial charge in [0.05, 0.1) is 5.75 Å². The first-order valence-corrected chi connectivity index (χ1v) is 8.39. The number of likely N-dealkylation sites (tertiary alicyclic amines) is 1. The minimum atomic E-state index is -0.302. The van der Waals surface area contributed by atoms with Gasteiger partial charge in [-0.25, -0.2) is 4.39 Å². The van der Waals surface area contributed by atoms with E-state index in [-0.39, 0.29) is 11.7 Å².